The lowest BCUT2D eigenvalue weighted by Crippen LogP contribution is -2.20. The molecular weight excluding hydrogens is 331 g/mol. The van der Waals surface area contributed by atoms with Crippen LogP contribution in [0.4, 0.5) is 4.39 Å². The van der Waals surface area contributed by atoms with E-state index in [4.69, 9.17) is 0 Å². The number of carbonyl (C=O) groups excluding carboxylic acids is 2. The lowest BCUT2D eigenvalue weighted by Gasteiger charge is -2.04. The first-order valence-corrected chi connectivity index (χ1v) is 7.97. The van der Waals surface area contributed by atoms with Gasteiger partial charge in [-0.25, -0.2) is 14.6 Å². The molecule has 7 heteroatoms. The third-order valence-corrected chi connectivity index (χ3v) is 4.00. The Kier molecular flexibility index (Phi) is 6.51. The second-order valence-corrected chi connectivity index (χ2v) is 5.61. The van der Waals surface area contributed by atoms with Gasteiger partial charge in [-0.15, -0.1) is 11.8 Å². The first kappa shape index (κ1) is 17.7. The number of amides is 1. The Bertz CT molecular complexity index is 765. The van der Waals surface area contributed by atoms with Crippen LogP contribution in [0.2, 0.25) is 0 Å². The molecule has 0 aliphatic heterocycles. The van der Waals surface area contributed by atoms with Crippen LogP contribution in [-0.4, -0.2) is 31.0 Å². The van der Waals surface area contributed by atoms with Crippen LogP contribution in [-0.2, 0) is 9.53 Å². The van der Waals surface area contributed by atoms with Gasteiger partial charge in [0, 0.05) is 10.5 Å². The van der Waals surface area contributed by atoms with Crippen LogP contribution in [0.15, 0.2) is 58.5 Å². The fourth-order valence-corrected chi connectivity index (χ4v) is 2.55. The summed E-state index contributed by atoms with van der Waals surface area (Å²) in [6, 6.07) is 12.9. The summed E-state index contributed by atoms with van der Waals surface area (Å²) in [5.74, 6) is -1.21. The molecule has 24 heavy (non-hydrogen) atoms. The van der Waals surface area contributed by atoms with Crippen LogP contribution in [0, 0.1) is 5.82 Å². The molecule has 0 fully saturated rings. The van der Waals surface area contributed by atoms with Crippen molar-refractivity contribution >= 4 is 29.9 Å². The van der Waals surface area contributed by atoms with E-state index < -0.39 is 5.97 Å². The summed E-state index contributed by atoms with van der Waals surface area (Å²) in [4.78, 5) is 23.7. The SMILES string of the molecule is COC(=O)c1ccccc1/C=N\NC(=O)CSc1ccccc1F. The predicted molar refractivity (Wildman–Crippen MR) is 90.6 cm³/mol. The molecule has 0 unspecified atom stereocenters. The molecule has 0 spiro atoms. The fraction of sp³-hybridized carbons (Fsp3) is 0.118. The number of thioether (sulfide) groups is 1. The van der Waals surface area contributed by atoms with Gasteiger partial charge in [0.25, 0.3) is 0 Å². The van der Waals surface area contributed by atoms with Crippen molar-refractivity contribution in [1.82, 2.24) is 5.43 Å². The van der Waals surface area contributed by atoms with Crippen molar-refractivity contribution in [2.75, 3.05) is 12.9 Å². The van der Waals surface area contributed by atoms with Gasteiger partial charge < -0.3 is 4.74 Å². The van der Waals surface area contributed by atoms with Gasteiger partial charge in [0.1, 0.15) is 5.82 Å². The lowest BCUT2D eigenvalue weighted by atomic mass is 10.1. The van der Waals surface area contributed by atoms with Gasteiger partial charge in [-0.1, -0.05) is 30.3 Å². The van der Waals surface area contributed by atoms with Gasteiger partial charge in [0.05, 0.1) is 24.6 Å². The van der Waals surface area contributed by atoms with Crippen molar-refractivity contribution in [2.24, 2.45) is 5.10 Å². The van der Waals surface area contributed by atoms with Crippen LogP contribution < -0.4 is 5.43 Å². The summed E-state index contributed by atoms with van der Waals surface area (Å²) in [5.41, 5.74) is 3.21. The maximum atomic E-state index is 13.4. The molecule has 2 aromatic rings. The molecule has 1 N–H and O–H groups in total. The standard InChI is InChI=1S/C17H15FN2O3S/c1-23-17(22)13-7-3-2-6-12(13)10-19-20-16(21)11-24-15-9-5-4-8-14(15)18/h2-10H,11H2,1H3,(H,20,21)/b19-10-. The van der Waals surface area contributed by atoms with Crippen molar-refractivity contribution in [3.8, 4) is 0 Å². The molecule has 0 saturated carbocycles. The number of nitrogens with zero attached hydrogens (tertiary/aromatic N) is 1. The summed E-state index contributed by atoms with van der Waals surface area (Å²) in [5, 5.41) is 3.81. The lowest BCUT2D eigenvalue weighted by molar-refractivity contribution is -0.118. The molecule has 0 aliphatic carbocycles. The quantitative estimate of drug-likeness (QED) is 0.378. The Hall–Kier alpha value is -2.67. The number of hydrazone groups is 1. The highest BCUT2D eigenvalue weighted by Crippen LogP contribution is 2.20. The van der Waals surface area contributed by atoms with Crippen molar-refractivity contribution in [3.63, 3.8) is 0 Å². The van der Waals surface area contributed by atoms with Gasteiger partial charge in [0.15, 0.2) is 0 Å². The van der Waals surface area contributed by atoms with E-state index in [1.165, 1.54) is 19.4 Å². The Morgan fingerprint density at radius 2 is 1.92 bits per heavy atom. The Morgan fingerprint density at radius 1 is 1.21 bits per heavy atom. The number of carbonyl (C=O) groups is 2. The predicted octanol–water partition coefficient (Wildman–Crippen LogP) is 2.85. The summed E-state index contributed by atoms with van der Waals surface area (Å²) in [7, 11) is 1.29. The normalized spacial score (nSPS) is 10.6. The third-order valence-electron chi connectivity index (χ3n) is 2.95. The molecule has 0 atom stereocenters. The molecular formula is C17H15FN2O3S. The Labute approximate surface area is 142 Å². The van der Waals surface area contributed by atoms with Crippen LogP contribution in [0.1, 0.15) is 15.9 Å². The Morgan fingerprint density at radius 3 is 2.67 bits per heavy atom. The molecule has 2 rings (SSSR count). The van der Waals surface area contributed by atoms with Gasteiger partial charge in [-0.2, -0.15) is 5.10 Å². The van der Waals surface area contributed by atoms with Crippen molar-refractivity contribution in [1.29, 1.82) is 0 Å². The molecule has 0 saturated heterocycles. The average molecular weight is 346 g/mol. The smallest absolute Gasteiger partial charge is 0.338 e. The minimum Gasteiger partial charge on any atom is -0.465 e. The summed E-state index contributed by atoms with van der Waals surface area (Å²) >= 11 is 1.08. The zero-order valence-electron chi connectivity index (χ0n) is 12.9. The van der Waals surface area contributed by atoms with Crippen molar-refractivity contribution in [2.45, 2.75) is 4.90 Å². The van der Waals surface area contributed by atoms with Crippen LogP contribution in [0.5, 0.6) is 0 Å². The van der Waals surface area contributed by atoms with Crippen LogP contribution in [0.25, 0.3) is 0 Å². The second-order valence-electron chi connectivity index (χ2n) is 4.59. The highest BCUT2D eigenvalue weighted by Gasteiger charge is 2.09. The van der Waals surface area contributed by atoms with E-state index in [-0.39, 0.29) is 17.5 Å². The number of benzene rings is 2. The number of methoxy groups -OCH3 is 1. The fourth-order valence-electron chi connectivity index (χ4n) is 1.82. The summed E-state index contributed by atoms with van der Waals surface area (Å²) in [6.07, 6.45) is 1.36. The minimum absolute atomic E-state index is 0.0247. The molecule has 0 bridgehead atoms. The largest absolute Gasteiger partial charge is 0.465 e. The molecule has 2 aromatic carbocycles. The van der Waals surface area contributed by atoms with E-state index in [0.717, 1.165) is 11.8 Å². The number of hydrogen-bond donors (Lipinski definition) is 1. The summed E-state index contributed by atoms with van der Waals surface area (Å²) < 4.78 is 18.1. The molecule has 1 amide bonds. The highest BCUT2D eigenvalue weighted by molar-refractivity contribution is 8.00. The average Bonchev–Trinajstić information content (AvgIpc) is 2.61. The molecule has 0 aliphatic rings. The number of rotatable bonds is 6. The van der Waals surface area contributed by atoms with Crippen molar-refractivity contribution in [3.05, 3.63) is 65.5 Å². The number of ether oxygens (including phenoxy) is 1. The van der Waals surface area contributed by atoms with Crippen LogP contribution >= 0.6 is 11.8 Å². The molecule has 124 valence electrons. The number of esters is 1. The molecule has 5 nitrogen and oxygen atoms in total. The minimum atomic E-state index is -0.488. The molecule has 0 radical (unpaired) electrons. The number of nitrogens with one attached hydrogen (secondary N) is 1. The first-order chi connectivity index (χ1) is 11.6. The first-order valence-electron chi connectivity index (χ1n) is 6.98. The van der Waals surface area contributed by atoms with Crippen molar-refractivity contribution < 1.29 is 18.7 Å². The van der Waals surface area contributed by atoms with E-state index in [1.807, 2.05) is 0 Å². The Balaban J connectivity index is 1.91. The van der Waals surface area contributed by atoms with E-state index in [0.29, 0.717) is 16.0 Å². The number of halogens is 1. The maximum Gasteiger partial charge on any atom is 0.338 e. The third kappa shape index (κ3) is 4.92. The zero-order chi connectivity index (χ0) is 17.4. The van der Waals surface area contributed by atoms with Gasteiger partial charge in [-0.3, -0.25) is 4.79 Å². The van der Waals surface area contributed by atoms with E-state index in [2.05, 4.69) is 15.3 Å². The summed E-state index contributed by atoms with van der Waals surface area (Å²) in [6.45, 7) is 0. The van der Waals surface area contributed by atoms with E-state index >= 15 is 0 Å². The second kappa shape index (κ2) is 8.83. The monoisotopic (exact) mass is 346 g/mol. The van der Waals surface area contributed by atoms with E-state index in [1.54, 1.807) is 42.5 Å². The van der Waals surface area contributed by atoms with Crippen LogP contribution in [0.3, 0.4) is 0 Å². The van der Waals surface area contributed by atoms with Gasteiger partial charge in [-0.05, 0) is 18.2 Å². The van der Waals surface area contributed by atoms with Gasteiger partial charge in [0.2, 0.25) is 5.91 Å². The van der Waals surface area contributed by atoms with Gasteiger partial charge >= 0.3 is 5.97 Å². The molecule has 0 aromatic heterocycles. The maximum absolute atomic E-state index is 13.4. The zero-order valence-corrected chi connectivity index (χ0v) is 13.7. The highest BCUT2D eigenvalue weighted by atomic mass is 32.2. The topological polar surface area (TPSA) is 67.8 Å². The molecule has 0 heterocycles. The van der Waals surface area contributed by atoms with E-state index in [9.17, 15) is 14.0 Å². The number of hydrogen-bond acceptors (Lipinski definition) is 5.